The van der Waals surface area contributed by atoms with Crippen LogP contribution in [0.2, 0.25) is 0 Å². The van der Waals surface area contributed by atoms with Crippen molar-refractivity contribution in [2.24, 2.45) is 0 Å². The predicted molar refractivity (Wildman–Crippen MR) is 81.9 cm³/mol. The quantitative estimate of drug-likeness (QED) is 0.834. The highest BCUT2D eigenvalue weighted by Gasteiger charge is 2.33. The lowest BCUT2D eigenvalue weighted by atomic mass is 9.98. The van der Waals surface area contributed by atoms with Crippen molar-refractivity contribution in [1.82, 2.24) is 10.6 Å². The van der Waals surface area contributed by atoms with E-state index < -0.39 is 0 Å². The van der Waals surface area contributed by atoms with Crippen molar-refractivity contribution in [3.05, 3.63) is 29.3 Å². The molecular weight excluding hydrogens is 268 g/mol. The maximum absolute atomic E-state index is 12.3. The molecule has 0 spiro atoms. The van der Waals surface area contributed by atoms with E-state index in [4.69, 9.17) is 9.47 Å². The van der Waals surface area contributed by atoms with E-state index in [2.05, 4.69) is 10.6 Å². The number of methoxy groups -OCH3 is 2. The Morgan fingerprint density at radius 2 is 2.24 bits per heavy atom. The van der Waals surface area contributed by atoms with Gasteiger partial charge in [0.15, 0.2) is 0 Å². The molecule has 1 unspecified atom stereocenters. The second-order valence-corrected chi connectivity index (χ2v) is 5.61. The molecule has 0 saturated carbocycles. The Labute approximate surface area is 126 Å². The number of carbonyl (C=O) groups excluding carboxylic acids is 1. The lowest BCUT2D eigenvalue weighted by molar-refractivity contribution is 0.0892. The summed E-state index contributed by atoms with van der Waals surface area (Å²) in [5.74, 6) is 0.644. The molecule has 1 fully saturated rings. The SMILES string of the molecule is COCC1(CNC(=O)c2ccc(C)c(OC)c2)CCCN1. The number of amides is 1. The van der Waals surface area contributed by atoms with Gasteiger partial charge in [-0.3, -0.25) is 4.79 Å². The molecule has 0 radical (unpaired) electrons. The second kappa shape index (κ2) is 6.91. The minimum atomic E-state index is -0.140. The topological polar surface area (TPSA) is 59.6 Å². The van der Waals surface area contributed by atoms with Gasteiger partial charge in [-0.25, -0.2) is 0 Å². The fourth-order valence-corrected chi connectivity index (χ4v) is 2.78. The highest BCUT2D eigenvalue weighted by molar-refractivity contribution is 5.94. The Morgan fingerprint density at radius 3 is 2.86 bits per heavy atom. The molecule has 1 aliphatic heterocycles. The number of aryl methyl sites for hydroxylation is 1. The molecular formula is C16H24N2O3. The summed E-state index contributed by atoms with van der Waals surface area (Å²) in [5.41, 5.74) is 1.49. The molecule has 1 atom stereocenters. The van der Waals surface area contributed by atoms with Gasteiger partial charge in [-0.05, 0) is 44.0 Å². The van der Waals surface area contributed by atoms with Crippen molar-refractivity contribution < 1.29 is 14.3 Å². The van der Waals surface area contributed by atoms with Crippen LogP contribution < -0.4 is 15.4 Å². The molecule has 2 N–H and O–H groups in total. The molecule has 1 heterocycles. The van der Waals surface area contributed by atoms with Gasteiger partial charge in [0.1, 0.15) is 5.75 Å². The first-order valence-electron chi connectivity index (χ1n) is 7.27. The van der Waals surface area contributed by atoms with Crippen molar-refractivity contribution in [2.75, 3.05) is 33.9 Å². The zero-order valence-electron chi connectivity index (χ0n) is 13.0. The van der Waals surface area contributed by atoms with Crippen molar-refractivity contribution >= 4 is 5.91 Å². The summed E-state index contributed by atoms with van der Waals surface area (Å²) in [5, 5.41) is 6.45. The van der Waals surface area contributed by atoms with Crippen LogP contribution in [0, 0.1) is 6.92 Å². The number of rotatable bonds is 6. The van der Waals surface area contributed by atoms with Gasteiger partial charge < -0.3 is 20.1 Å². The molecule has 5 nitrogen and oxygen atoms in total. The average molecular weight is 292 g/mol. The van der Waals surface area contributed by atoms with Crippen LogP contribution in [0.3, 0.4) is 0 Å². The van der Waals surface area contributed by atoms with Gasteiger partial charge in [-0.15, -0.1) is 0 Å². The van der Waals surface area contributed by atoms with Crippen molar-refractivity contribution in [2.45, 2.75) is 25.3 Å². The molecule has 1 saturated heterocycles. The van der Waals surface area contributed by atoms with Gasteiger partial charge in [0.2, 0.25) is 0 Å². The van der Waals surface area contributed by atoms with Crippen LogP contribution in [0.5, 0.6) is 5.75 Å². The maximum Gasteiger partial charge on any atom is 0.251 e. The summed E-state index contributed by atoms with van der Waals surface area (Å²) < 4.78 is 10.5. The average Bonchev–Trinajstić information content (AvgIpc) is 2.95. The van der Waals surface area contributed by atoms with Gasteiger partial charge in [0.05, 0.1) is 19.3 Å². The van der Waals surface area contributed by atoms with Crippen molar-refractivity contribution in [1.29, 1.82) is 0 Å². The monoisotopic (exact) mass is 292 g/mol. The third kappa shape index (κ3) is 3.74. The Kier molecular flexibility index (Phi) is 5.20. The van der Waals surface area contributed by atoms with E-state index >= 15 is 0 Å². The summed E-state index contributed by atoms with van der Waals surface area (Å²) in [7, 11) is 3.30. The molecule has 0 bridgehead atoms. The van der Waals surface area contributed by atoms with E-state index in [1.54, 1.807) is 20.3 Å². The number of benzene rings is 1. The molecule has 116 valence electrons. The van der Waals surface area contributed by atoms with Gasteiger partial charge in [0, 0.05) is 19.2 Å². The summed E-state index contributed by atoms with van der Waals surface area (Å²) >= 11 is 0. The van der Waals surface area contributed by atoms with Crippen LogP contribution in [-0.2, 0) is 4.74 Å². The largest absolute Gasteiger partial charge is 0.496 e. The first kappa shape index (κ1) is 15.8. The Hall–Kier alpha value is -1.59. The first-order valence-corrected chi connectivity index (χ1v) is 7.27. The van der Waals surface area contributed by atoms with Crippen LogP contribution in [0.25, 0.3) is 0 Å². The minimum absolute atomic E-state index is 0.0857. The molecule has 0 aromatic heterocycles. The standard InChI is InChI=1S/C16H24N2O3/c1-12-5-6-13(9-14(12)21-3)15(19)17-10-16(11-20-2)7-4-8-18-16/h5-6,9,18H,4,7-8,10-11H2,1-3H3,(H,17,19). The predicted octanol–water partition coefficient (Wildman–Crippen LogP) is 1.50. The highest BCUT2D eigenvalue weighted by atomic mass is 16.5. The molecule has 2 rings (SSSR count). The van der Waals surface area contributed by atoms with E-state index in [9.17, 15) is 4.79 Å². The van der Waals surface area contributed by atoms with Crippen LogP contribution >= 0.6 is 0 Å². The molecule has 1 aromatic carbocycles. The third-order valence-electron chi connectivity index (χ3n) is 4.01. The van der Waals surface area contributed by atoms with Crippen LogP contribution in [-0.4, -0.2) is 45.4 Å². The van der Waals surface area contributed by atoms with E-state index in [1.165, 1.54) is 0 Å². The Morgan fingerprint density at radius 1 is 1.43 bits per heavy atom. The minimum Gasteiger partial charge on any atom is -0.496 e. The highest BCUT2D eigenvalue weighted by Crippen LogP contribution is 2.21. The lowest BCUT2D eigenvalue weighted by Crippen LogP contribution is -2.53. The van der Waals surface area contributed by atoms with Gasteiger partial charge >= 0.3 is 0 Å². The van der Waals surface area contributed by atoms with Gasteiger partial charge in [-0.1, -0.05) is 6.07 Å². The summed E-state index contributed by atoms with van der Waals surface area (Å²) in [6, 6.07) is 5.49. The third-order valence-corrected chi connectivity index (χ3v) is 4.01. The van der Waals surface area contributed by atoms with E-state index in [1.807, 2.05) is 19.1 Å². The molecule has 5 heteroatoms. The number of ether oxygens (including phenoxy) is 2. The second-order valence-electron chi connectivity index (χ2n) is 5.61. The fraction of sp³-hybridized carbons (Fsp3) is 0.562. The Bertz CT molecular complexity index is 496. The van der Waals surface area contributed by atoms with E-state index in [-0.39, 0.29) is 11.4 Å². The van der Waals surface area contributed by atoms with Gasteiger partial charge in [0.25, 0.3) is 5.91 Å². The zero-order chi connectivity index (χ0) is 15.3. The van der Waals surface area contributed by atoms with Crippen LogP contribution in [0.15, 0.2) is 18.2 Å². The number of hydrogen-bond donors (Lipinski definition) is 2. The number of carbonyl (C=O) groups is 1. The zero-order valence-corrected chi connectivity index (χ0v) is 13.0. The Balaban J connectivity index is 2.01. The van der Waals surface area contributed by atoms with E-state index in [0.717, 1.165) is 30.7 Å². The maximum atomic E-state index is 12.3. The lowest BCUT2D eigenvalue weighted by Gasteiger charge is -2.29. The van der Waals surface area contributed by atoms with Crippen molar-refractivity contribution in [3.63, 3.8) is 0 Å². The smallest absolute Gasteiger partial charge is 0.251 e. The molecule has 0 aliphatic carbocycles. The fourth-order valence-electron chi connectivity index (χ4n) is 2.78. The molecule has 1 aromatic rings. The molecule has 1 amide bonds. The molecule has 1 aliphatic rings. The molecule has 21 heavy (non-hydrogen) atoms. The first-order chi connectivity index (χ1) is 10.1. The summed E-state index contributed by atoms with van der Waals surface area (Å²) in [6.07, 6.45) is 2.12. The van der Waals surface area contributed by atoms with Crippen LogP contribution in [0.4, 0.5) is 0 Å². The number of hydrogen-bond acceptors (Lipinski definition) is 4. The van der Waals surface area contributed by atoms with Crippen molar-refractivity contribution in [3.8, 4) is 5.75 Å². The summed E-state index contributed by atoms with van der Waals surface area (Å²) in [4.78, 5) is 12.3. The normalized spacial score (nSPS) is 21.3. The van der Waals surface area contributed by atoms with Crippen LogP contribution in [0.1, 0.15) is 28.8 Å². The summed E-state index contributed by atoms with van der Waals surface area (Å²) in [6.45, 7) is 4.09. The number of nitrogens with one attached hydrogen (secondary N) is 2. The van der Waals surface area contributed by atoms with E-state index in [0.29, 0.717) is 18.7 Å². The van der Waals surface area contributed by atoms with Gasteiger partial charge in [-0.2, -0.15) is 0 Å².